The van der Waals surface area contributed by atoms with E-state index in [9.17, 15) is 9.59 Å². The lowest BCUT2D eigenvalue weighted by Gasteiger charge is -2.15. The highest BCUT2D eigenvalue weighted by molar-refractivity contribution is 5.88. The fourth-order valence-corrected chi connectivity index (χ4v) is 3.27. The van der Waals surface area contributed by atoms with Crippen LogP contribution >= 0.6 is 0 Å². The van der Waals surface area contributed by atoms with E-state index in [-0.39, 0.29) is 17.0 Å². The van der Waals surface area contributed by atoms with Gasteiger partial charge in [-0.3, -0.25) is 4.79 Å². The number of hydrogen-bond acceptors (Lipinski definition) is 5. The lowest BCUT2D eigenvalue weighted by molar-refractivity contribution is 0.0697. The number of anilines is 2. The molecule has 7 nitrogen and oxygen atoms in total. The zero-order valence-corrected chi connectivity index (χ0v) is 18.2. The SMILES string of the molecule is CC(C)c1ccc(Oc2cnn(-c3ccccc3)c(=O)c2Nc2ccc(C(=O)O)cc2)cc1. The van der Waals surface area contributed by atoms with Gasteiger partial charge in [-0.1, -0.05) is 44.2 Å². The summed E-state index contributed by atoms with van der Waals surface area (Å²) >= 11 is 0. The Morgan fingerprint density at radius 1 is 0.970 bits per heavy atom. The number of carboxylic acid groups (broad SMARTS) is 1. The summed E-state index contributed by atoms with van der Waals surface area (Å²) in [5.41, 5.74) is 2.27. The van der Waals surface area contributed by atoms with Gasteiger partial charge in [-0.15, -0.1) is 0 Å². The number of para-hydroxylation sites is 1. The zero-order chi connectivity index (χ0) is 23.4. The van der Waals surface area contributed by atoms with Crippen LogP contribution < -0.4 is 15.6 Å². The number of hydrogen-bond donors (Lipinski definition) is 2. The van der Waals surface area contributed by atoms with Gasteiger partial charge >= 0.3 is 5.97 Å². The van der Waals surface area contributed by atoms with Crippen molar-refractivity contribution in [1.29, 1.82) is 0 Å². The minimum absolute atomic E-state index is 0.152. The van der Waals surface area contributed by atoms with Gasteiger partial charge in [-0.2, -0.15) is 9.78 Å². The van der Waals surface area contributed by atoms with E-state index in [2.05, 4.69) is 24.3 Å². The van der Waals surface area contributed by atoms with E-state index in [1.807, 2.05) is 42.5 Å². The summed E-state index contributed by atoms with van der Waals surface area (Å²) in [5, 5.41) is 16.5. The molecule has 0 fully saturated rings. The summed E-state index contributed by atoms with van der Waals surface area (Å²) in [7, 11) is 0. The van der Waals surface area contributed by atoms with Crippen LogP contribution in [0.4, 0.5) is 11.4 Å². The lowest BCUT2D eigenvalue weighted by atomic mass is 10.0. The summed E-state index contributed by atoms with van der Waals surface area (Å²) in [6.07, 6.45) is 1.48. The Labute approximate surface area is 190 Å². The van der Waals surface area contributed by atoms with Gasteiger partial charge in [0, 0.05) is 5.69 Å². The van der Waals surface area contributed by atoms with Crippen LogP contribution in [0.2, 0.25) is 0 Å². The van der Waals surface area contributed by atoms with E-state index in [1.165, 1.54) is 28.6 Å². The minimum atomic E-state index is -1.02. The number of benzene rings is 3. The van der Waals surface area contributed by atoms with Crippen LogP contribution in [0.15, 0.2) is 89.9 Å². The van der Waals surface area contributed by atoms with Crippen LogP contribution in [0.1, 0.15) is 35.7 Å². The monoisotopic (exact) mass is 441 g/mol. The Hall–Kier alpha value is -4.39. The molecule has 1 heterocycles. The Bertz CT molecular complexity index is 1310. The van der Waals surface area contributed by atoms with Gasteiger partial charge in [0.25, 0.3) is 5.56 Å². The number of carbonyl (C=O) groups is 1. The fourth-order valence-electron chi connectivity index (χ4n) is 3.27. The quantitative estimate of drug-likeness (QED) is 0.388. The van der Waals surface area contributed by atoms with Crippen molar-refractivity contribution >= 4 is 17.3 Å². The second-order valence-corrected chi connectivity index (χ2v) is 7.77. The first kappa shape index (κ1) is 21.8. The third-order valence-corrected chi connectivity index (χ3v) is 5.12. The van der Waals surface area contributed by atoms with Crippen molar-refractivity contribution < 1.29 is 14.6 Å². The molecule has 2 N–H and O–H groups in total. The van der Waals surface area contributed by atoms with Crippen molar-refractivity contribution in [2.24, 2.45) is 0 Å². The summed E-state index contributed by atoms with van der Waals surface area (Å²) in [5.74, 6) is 0.196. The molecule has 0 aliphatic carbocycles. The number of nitrogens with one attached hydrogen (secondary N) is 1. The van der Waals surface area contributed by atoms with Gasteiger partial charge in [0.2, 0.25) is 0 Å². The molecule has 0 aliphatic rings. The highest BCUT2D eigenvalue weighted by Gasteiger charge is 2.16. The summed E-state index contributed by atoms with van der Waals surface area (Å²) in [6, 6.07) is 22.9. The molecule has 33 heavy (non-hydrogen) atoms. The van der Waals surface area contributed by atoms with Crippen LogP contribution in [0.3, 0.4) is 0 Å². The van der Waals surface area contributed by atoms with Gasteiger partial charge < -0.3 is 15.2 Å². The predicted octanol–water partition coefficient (Wildman–Crippen LogP) is 5.59. The van der Waals surface area contributed by atoms with E-state index in [0.29, 0.717) is 23.0 Å². The minimum Gasteiger partial charge on any atom is -0.478 e. The molecule has 4 rings (SSSR count). The maximum atomic E-state index is 13.4. The molecule has 0 amide bonds. The third-order valence-electron chi connectivity index (χ3n) is 5.12. The number of ether oxygens (including phenoxy) is 1. The Balaban J connectivity index is 1.74. The van der Waals surface area contributed by atoms with E-state index in [0.717, 1.165) is 0 Å². The topological polar surface area (TPSA) is 93.5 Å². The van der Waals surface area contributed by atoms with E-state index in [4.69, 9.17) is 9.84 Å². The molecule has 0 radical (unpaired) electrons. The van der Waals surface area contributed by atoms with Gasteiger partial charge in [-0.25, -0.2) is 4.79 Å². The highest BCUT2D eigenvalue weighted by Crippen LogP contribution is 2.30. The molecule has 7 heteroatoms. The first-order valence-electron chi connectivity index (χ1n) is 10.5. The predicted molar refractivity (Wildman–Crippen MR) is 127 cm³/mol. The average molecular weight is 441 g/mol. The Kier molecular flexibility index (Phi) is 6.22. The van der Waals surface area contributed by atoms with Crippen LogP contribution in [0.5, 0.6) is 11.5 Å². The largest absolute Gasteiger partial charge is 0.478 e. The Morgan fingerprint density at radius 2 is 1.64 bits per heavy atom. The molecular formula is C26H23N3O4. The molecule has 0 saturated heterocycles. The van der Waals surface area contributed by atoms with Crippen LogP contribution in [-0.2, 0) is 0 Å². The van der Waals surface area contributed by atoms with Crippen LogP contribution in [0, 0.1) is 0 Å². The van der Waals surface area contributed by atoms with Crippen molar-refractivity contribution in [1.82, 2.24) is 9.78 Å². The summed E-state index contributed by atoms with van der Waals surface area (Å²) < 4.78 is 7.30. The number of aromatic nitrogens is 2. The lowest BCUT2D eigenvalue weighted by Crippen LogP contribution is -2.24. The maximum Gasteiger partial charge on any atom is 0.335 e. The molecule has 3 aromatic carbocycles. The van der Waals surface area contributed by atoms with E-state index in [1.54, 1.807) is 24.3 Å². The van der Waals surface area contributed by atoms with Crippen molar-refractivity contribution in [3.8, 4) is 17.2 Å². The first-order valence-corrected chi connectivity index (χ1v) is 10.5. The van der Waals surface area contributed by atoms with Crippen molar-refractivity contribution in [3.05, 3.63) is 107 Å². The number of rotatable bonds is 7. The van der Waals surface area contributed by atoms with Crippen molar-refractivity contribution in [2.45, 2.75) is 19.8 Å². The van der Waals surface area contributed by atoms with Gasteiger partial charge in [0.15, 0.2) is 11.4 Å². The molecule has 0 unspecified atom stereocenters. The van der Waals surface area contributed by atoms with Crippen molar-refractivity contribution in [2.75, 3.05) is 5.32 Å². The molecular weight excluding hydrogens is 418 g/mol. The first-order chi connectivity index (χ1) is 15.9. The highest BCUT2D eigenvalue weighted by atomic mass is 16.5. The maximum absolute atomic E-state index is 13.4. The van der Waals surface area contributed by atoms with Crippen LogP contribution in [-0.4, -0.2) is 20.9 Å². The van der Waals surface area contributed by atoms with Gasteiger partial charge in [0.1, 0.15) is 5.75 Å². The Morgan fingerprint density at radius 3 is 2.24 bits per heavy atom. The fraction of sp³-hybridized carbons (Fsp3) is 0.115. The molecule has 166 valence electrons. The van der Waals surface area contributed by atoms with E-state index >= 15 is 0 Å². The van der Waals surface area contributed by atoms with Crippen LogP contribution in [0.25, 0.3) is 5.69 Å². The van der Waals surface area contributed by atoms with Crippen molar-refractivity contribution in [3.63, 3.8) is 0 Å². The normalized spacial score (nSPS) is 10.8. The number of carboxylic acids is 1. The number of aromatic carboxylic acids is 1. The molecule has 4 aromatic rings. The molecule has 0 spiro atoms. The molecule has 0 bridgehead atoms. The number of nitrogens with zero attached hydrogens (tertiary/aromatic N) is 2. The second kappa shape index (κ2) is 9.40. The standard InChI is InChI=1S/C26H23N3O4/c1-17(2)18-10-14-22(15-11-18)33-23-16-27-29(21-6-4-3-5-7-21)25(30)24(23)28-20-12-8-19(9-13-20)26(31)32/h3-17,28H,1-2H3,(H,31,32). The second-order valence-electron chi connectivity index (χ2n) is 7.77. The molecule has 0 atom stereocenters. The zero-order valence-electron chi connectivity index (χ0n) is 18.2. The smallest absolute Gasteiger partial charge is 0.335 e. The molecule has 1 aromatic heterocycles. The third kappa shape index (κ3) is 4.93. The van der Waals surface area contributed by atoms with Gasteiger partial charge in [-0.05, 0) is 60.0 Å². The molecule has 0 saturated carbocycles. The average Bonchev–Trinajstić information content (AvgIpc) is 2.82. The summed E-state index contributed by atoms with van der Waals surface area (Å²) in [6.45, 7) is 4.22. The van der Waals surface area contributed by atoms with E-state index < -0.39 is 11.5 Å². The summed E-state index contributed by atoms with van der Waals surface area (Å²) in [4.78, 5) is 24.5. The van der Waals surface area contributed by atoms with Gasteiger partial charge in [0.05, 0.1) is 17.4 Å². The molecule has 0 aliphatic heterocycles.